The fraction of sp³-hybridized carbons (Fsp3) is 0.0526. The topological polar surface area (TPSA) is 6.48 Å². The lowest BCUT2D eigenvalue weighted by atomic mass is 9.85. The smallest absolute Gasteiger partial charge is 0.0463 e. The van der Waals surface area contributed by atoms with E-state index in [0.717, 1.165) is 28.4 Å². The molecule has 0 aliphatic rings. The van der Waals surface area contributed by atoms with Gasteiger partial charge in [0.2, 0.25) is 0 Å². The highest BCUT2D eigenvalue weighted by Gasteiger charge is 2.17. The lowest BCUT2D eigenvalue weighted by molar-refractivity contribution is 0.976. The first-order valence-electron chi connectivity index (χ1n) is 13.7. The molecule has 0 spiro atoms. The summed E-state index contributed by atoms with van der Waals surface area (Å²) >= 11 is 0. The number of benzene rings is 6. The van der Waals surface area contributed by atoms with Crippen molar-refractivity contribution in [3.05, 3.63) is 187 Å². The van der Waals surface area contributed by atoms with Gasteiger partial charge >= 0.3 is 0 Å². The SMILES string of the molecule is CN(c1ccc(C(c2ccccc2)c2ccccc2)cc1)c1ccc(N(c2ccccc2)c2ccccc2)cc1. The Morgan fingerprint density at radius 3 is 1.05 bits per heavy atom. The van der Waals surface area contributed by atoms with E-state index < -0.39 is 0 Å². The van der Waals surface area contributed by atoms with Gasteiger partial charge < -0.3 is 9.80 Å². The van der Waals surface area contributed by atoms with Crippen LogP contribution in [0.15, 0.2) is 170 Å². The molecule has 0 N–H and O–H groups in total. The van der Waals surface area contributed by atoms with Crippen LogP contribution in [0.2, 0.25) is 0 Å². The van der Waals surface area contributed by atoms with Crippen LogP contribution in [0.4, 0.5) is 28.4 Å². The van der Waals surface area contributed by atoms with Crippen molar-refractivity contribution >= 4 is 28.4 Å². The molecule has 194 valence electrons. The Hall–Kier alpha value is -5.08. The third-order valence-corrected chi connectivity index (χ3v) is 7.40. The first kappa shape index (κ1) is 25.2. The van der Waals surface area contributed by atoms with Crippen LogP contribution < -0.4 is 9.80 Å². The fourth-order valence-corrected chi connectivity index (χ4v) is 5.33. The van der Waals surface area contributed by atoms with Gasteiger partial charge in [0, 0.05) is 41.4 Å². The van der Waals surface area contributed by atoms with E-state index in [1.54, 1.807) is 0 Å². The molecule has 0 atom stereocenters. The van der Waals surface area contributed by atoms with Gasteiger partial charge in [-0.1, -0.05) is 109 Å². The Bertz CT molecular complexity index is 1410. The summed E-state index contributed by atoms with van der Waals surface area (Å²) in [5.41, 5.74) is 9.57. The van der Waals surface area contributed by atoms with Crippen molar-refractivity contribution in [2.75, 3.05) is 16.8 Å². The molecule has 0 saturated carbocycles. The van der Waals surface area contributed by atoms with E-state index in [1.165, 1.54) is 16.7 Å². The summed E-state index contributed by atoms with van der Waals surface area (Å²) in [5.74, 6) is 0.197. The first-order chi connectivity index (χ1) is 19.8. The molecule has 0 heterocycles. The second-order valence-electron chi connectivity index (χ2n) is 9.93. The second-order valence-corrected chi connectivity index (χ2v) is 9.93. The summed E-state index contributed by atoms with van der Waals surface area (Å²) in [5, 5.41) is 0. The van der Waals surface area contributed by atoms with Crippen molar-refractivity contribution in [3.8, 4) is 0 Å². The number of hydrogen-bond acceptors (Lipinski definition) is 2. The van der Waals surface area contributed by atoms with Crippen molar-refractivity contribution < 1.29 is 0 Å². The predicted molar refractivity (Wildman–Crippen MR) is 169 cm³/mol. The minimum atomic E-state index is 0.197. The van der Waals surface area contributed by atoms with E-state index in [4.69, 9.17) is 0 Å². The molecule has 6 aromatic rings. The van der Waals surface area contributed by atoms with Gasteiger partial charge in [-0.3, -0.25) is 0 Å². The molecule has 2 heteroatoms. The highest BCUT2D eigenvalue weighted by molar-refractivity contribution is 5.78. The summed E-state index contributed by atoms with van der Waals surface area (Å²) in [6, 6.07) is 60.3. The highest BCUT2D eigenvalue weighted by Crippen LogP contribution is 2.37. The van der Waals surface area contributed by atoms with Crippen molar-refractivity contribution in [3.63, 3.8) is 0 Å². The zero-order valence-electron chi connectivity index (χ0n) is 22.6. The maximum absolute atomic E-state index is 2.28. The van der Waals surface area contributed by atoms with Gasteiger partial charge in [-0.25, -0.2) is 0 Å². The molecule has 0 radical (unpaired) electrons. The van der Waals surface area contributed by atoms with Crippen LogP contribution in [0.1, 0.15) is 22.6 Å². The monoisotopic (exact) mass is 516 g/mol. The minimum Gasteiger partial charge on any atom is -0.345 e. The molecule has 0 bridgehead atoms. The van der Waals surface area contributed by atoms with Crippen LogP contribution in [-0.4, -0.2) is 7.05 Å². The van der Waals surface area contributed by atoms with E-state index in [2.05, 4.69) is 187 Å². The van der Waals surface area contributed by atoms with E-state index in [-0.39, 0.29) is 5.92 Å². The standard InChI is InChI=1S/C38H32N2/c1-39(33-24-22-32(23-25-33)38(30-14-6-2-7-15-30)31-16-8-3-9-17-31)34-26-28-37(29-27-34)40(35-18-10-4-11-19-35)36-20-12-5-13-21-36/h2-29,38H,1H3. The van der Waals surface area contributed by atoms with Crippen LogP contribution in [0, 0.1) is 0 Å². The number of hydrogen-bond donors (Lipinski definition) is 0. The Morgan fingerprint density at radius 1 is 0.325 bits per heavy atom. The maximum atomic E-state index is 2.28. The van der Waals surface area contributed by atoms with Gasteiger partial charge in [0.1, 0.15) is 0 Å². The fourth-order valence-electron chi connectivity index (χ4n) is 5.33. The maximum Gasteiger partial charge on any atom is 0.0463 e. The zero-order valence-corrected chi connectivity index (χ0v) is 22.6. The van der Waals surface area contributed by atoms with Crippen LogP contribution in [0.25, 0.3) is 0 Å². The molecule has 0 unspecified atom stereocenters. The first-order valence-corrected chi connectivity index (χ1v) is 13.7. The number of para-hydroxylation sites is 2. The van der Waals surface area contributed by atoms with Crippen LogP contribution in [0.5, 0.6) is 0 Å². The van der Waals surface area contributed by atoms with Crippen molar-refractivity contribution in [2.24, 2.45) is 0 Å². The Morgan fingerprint density at radius 2 is 0.625 bits per heavy atom. The van der Waals surface area contributed by atoms with E-state index in [0.29, 0.717) is 0 Å². The predicted octanol–water partition coefficient (Wildman–Crippen LogP) is 10.1. The summed E-state index contributed by atoms with van der Waals surface area (Å²) in [6.07, 6.45) is 0. The number of rotatable bonds is 8. The highest BCUT2D eigenvalue weighted by atomic mass is 15.1. The molecule has 0 aromatic heterocycles. The molecular weight excluding hydrogens is 484 g/mol. The molecule has 2 nitrogen and oxygen atoms in total. The van der Waals surface area contributed by atoms with Gasteiger partial charge in [-0.2, -0.15) is 0 Å². The molecule has 0 aliphatic heterocycles. The summed E-state index contributed by atoms with van der Waals surface area (Å²) in [6.45, 7) is 0. The van der Waals surface area contributed by atoms with Crippen molar-refractivity contribution in [1.29, 1.82) is 0 Å². The average molecular weight is 517 g/mol. The van der Waals surface area contributed by atoms with Crippen LogP contribution in [-0.2, 0) is 0 Å². The van der Waals surface area contributed by atoms with E-state index in [9.17, 15) is 0 Å². The van der Waals surface area contributed by atoms with Gasteiger partial charge in [0.05, 0.1) is 0 Å². The minimum absolute atomic E-state index is 0.197. The quantitative estimate of drug-likeness (QED) is 0.186. The third kappa shape index (κ3) is 5.39. The number of anilines is 5. The van der Waals surface area contributed by atoms with Crippen LogP contribution >= 0.6 is 0 Å². The van der Waals surface area contributed by atoms with E-state index in [1.807, 2.05) is 0 Å². The molecule has 6 aromatic carbocycles. The summed E-state index contributed by atoms with van der Waals surface area (Å²) < 4.78 is 0. The van der Waals surface area contributed by atoms with Crippen molar-refractivity contribution in [1.82, 2.24) is 0 Å². The molecule has 0 aliphatic carbocycles. The Balaban J connectivity index is 1.27. The molecule has 0 amide bonds. The Labute approximate surface area is 237 Å². The average Bonchev–Trinajstić information content (AvgIpc) is 3.04. The normalized spacial score (nSPS) is 10.8. The van der Waals surface area contributed by atoms with Crippen LogP contribution in [0.3, 0.4) is 0 Å². The molecule has 0 saturated heterocycles. The molecule has 0 fully saturated rings. The zero-order chi connectivity index (χ0) is 27.1. The molecule has 6 rings (SSSR count). The van der Waals surface area contributed by atoms with Gasteiger partial charge in [-0.15, -0.1) is 0 Å². The largest absolute Gasteiger partial charge is 0.345 e. The van der Waals surface area contributed by atoms with Gasteiger partial charge in [0.15, 0.2) is 0 Å². The second kappa shape index (κ2) is 11.8. The van der Waals surface area contributed by atoms with Crippen molar-refractivity contribution in [2.45, 2.75) is 5.92 Å². The summed E-state index contributed by atoms with van der Waals surface area (Å²) in [4.78, 5) is 4.52. The Kier molecular flexibility index (Phi) is 7.41. The van der Waals surface area contributed by atoms with Gasteiger partial charge in [-0.05, 0) is 77.4 Å². The number of nitrogens with zero attached hydrogens (tertiary/aromatic N) is 2. The summed E-state index contributed by atoms with van der Waals surface area (Å²) in [7, 11) is 2.13. The van der Waals surface area contributed by atoms with E-state index >= 15 is 0 Å². The third-order valence-electron chi connectivity index (χ3n) is 7.40. The molecular formula is C38H32N2. The molecule has 40 heavy (non-hydrogen) atoms. The lowest BCUT2D eigenvalue weighted by Gasteiger charge is -2.27. The van der Waals surface area contributed by atoms with Gasteiger partial charge in [0.25, 0.3) is 0 Å². The lowest BCUT2D eigenvalue weighted by Crippen LogP contribution is -2.12.